The van der Waals surface area contributed by atoms with Gasteiger partial charge in [0.05, 0.1) is 16.2 Å². The van der Waals surface area contributed by atoms with Gasteiger partial charge in [-0.05, 0) is 45.0 Å². The average Bonchev–Trinajstić information content (AvgIpc) is 2.72. The van der Waals surface area contributed by atoms with Crippen LogP contribution in [0.2, 0.25) is 5.02 Å². The molecule has 0 unspecified atom stereocenters. The zero-order valence-electron chi connectivity index (χ0n) is 17.7. The van der Waals surface area contributed by atoms with E-state index in [-0.39, 0.29) is 11.9 Å². The Morgan fingerprint density at radius 1 is 1.13 bits per heavy atom. The second-order valence-corrected chi connectivity index (χ2v) is 8.86. The molecule has 31 heavy (non-hydrogen) atoms. The van der Waals surface area contributed by atoms with E-state index in [4.69, 9.17) is 16.3 Å². The van der Waals surface area contributed by atoms with Crippen LogP contribution in [0.15, 0.2) is 42.6 Å². The third kappa shape index (κ3) is 4.56. The number of aromatic nitrogens is 2. The molecule has 0 spiro atoms. The molecule has 2 aromatic heterocycles. The molecule has 1 aliphatic rings. The lowest BCUT2D eigenvalue weighted by Gasteiger charge is -2.36. The van der Waals surface area contributed by atoms with Gasteiger partial charge in [0.2, 0.25) is 0 Å². The van der Waals surface area contributed by atoms with E-state index >= 15 is 0 Å². The zero-order chi connectivity index (χ0) is 22.2. The smallest absolute Gasteiger partial charge is 0.410 e. The standard InChI is InChI=1S/C23H24ClFN4O2/c1-23(2,3)31-22(30)29-12-10-28(11-13-29)21-16-14-17(24)20(27-19(16)8-9-26-21)15-6-4-5-7-18(15)25/h4-9,14H,10-13H2,1-3H3. The van der Waals surface area contributed by atoms with Crippen LogP contribution in [0, 0.1) is 5.82 Å². The van der Waals surface area contributed by atoms with Gasteiger partial charge in [-0.25, -0.2) is 19.2 Å². The van der Waals surface area contributed by atoms with E-state index in [0.717, 1.165) is 11.2 Å². The number of fused-ring (bicyclic) bond motifs is 1. The molecule has 0 N–H and O–H groups in total. The molecular formula is C23H24ClFN4O2. The Balaban J connectivity index is 1.59. The summed E-state index contributed by atoms with van der Waals surface area (Å²) in [5.41, 5.74) is 0.921. The second kappa shape index (κ2) is 8.30. The summed E-state index contributed by atoms with van der Waals surface area (Å²) >= 11 is 6.50. The van der Waals surface area contributed by atoms with E-state index in [1.165, 1.54) is 6.07 Å². The van der Waals surface area contributed by atoms with Crippen LogP contribution in [0.4, 0.5) is 15.0 Å². The second-order valence-electron chi connectivity index (χ2n) is 8.45. The maximum Gasteiger partial charge on any atom is 0.410 e. The zero-order valence-corrected chi connectivity index (χ0v) is 18.5. The third-order valence-corrected chi connectivity index (χ3v) is 5.32. The largest absolute Gasteiger partial charge is 0.444 e. The SMILES string of the molecule is CC(C)(C)OC(=O)N1CCN(c2nccc3nc(-c4ccccc4F)c(Cl)cc23)CC1. The molecule has 1 aliphatic heterocycles. The molecule has 1 aromatic carbocycles. The van der Waals surface area contributed by atoms with Crippen molar-refractivity contribution >= 4 is 34.4 Å². The normalized spacial score (nSPS) is 14.7. The van der Waals surface area contributed by atoms with Crippen LogP contribution in [0.25, 0.3) is 22.2 Å². The van der Waals surface area contributed by atoms with Crippen LogP contribution in [0.5, 0.6) is 0 Å². The summed E-state index contributed by atoms with van der Waals surface area (Å²) in [7, 11) is 0. The summed E-state index contributed by atoms with van der Waals surface area (Å²) in [6.45, 7) is 7.84. The summed E-state index contributed by atoms with van der Waals surface area (Å²) in [5, 5.41) is 1.15. The van der Waals surface area contributed by atoms with Crippen LogP contribution in [-0.2, 0) is 4.74 Å². The van der Waals surface area contributed by atoms with E-state index in [2.05, 4.69) is 14.9 Å². The van der Waals surface area contributed by atoms with Crippen molar-refractivity contribution in [3.8, 4) is 11.3 Å². The van der Waals surface area contributed by atoms with Gasteiger partial charge in [-0.2, -0.15) is 0 Å². The van der Waals surface area contributed by atoms with E-state index in [9.17, 15) is 9.18 Å². The maximum absolute atomic E-state index is 14.3. The first kappa shape index (κ1) is 21.3. The molecular weight excluding hydrogens is 419 g/mol. The lowest BCUT2D eigenvalue weighted by Crippen LogP contribution is -2.50. The minimum absolute atomic E-state index is 0.308. The van der Waals surface area contributed by atoms with Crippen LogP contribution in [-0.4, -0.2) is 52.7 Å². The van der Waals surface area contributed by atoms with Gasteiger partial charge in [-0.15, -0.1) is 0 Å². The number of amides is 1. The molecule has 6 nitrogen and oxygen atoms in total. The number of ether oxygens (including phenoxy) is 1. The van der Waals surface area contributed by atoms with Gasteiger partial charge < -0.3 is 14.5 Å². The van der Waals surface area contributed by atoms with Gasteiger partial charge >= 0.3 is 6.09 Å². The molecule has 3 aromatic rings. The topological polar surface area (TPSA) is 58.6 Å². The van der Waals surface area contributed by atoms with Crippen molar-refractivity contribution in [3.05, 3.63) is 53.4 Å². The third-order valence-electron chi connectivity index (χ3n) is 5.04. The van der Waals surface area contributed by atoms with Crippen molar-refractivity contribution in [3.63, 3.8) is 0 Å². The van der Waals surface area contributed by atoms with E-state index in [0.29, 0.717) is 48.0 Å². The van der Waals surface area contributed by atoms with Crippen LogP contribution < -0.4 is 4.90 Å². The van der Waals surface area contributed by atoms with Gasteiger partial charge in [0.25, 0.3) is 0 Å². The Labute approximate surface area is 185 Å². The number of anilines is 1. The number of hydrogen-bond acceptors (Lipinski definition) is 5. The predicted molar refractivity (Wildman–Crippen MR) is 120 cm³/mol. The average molecular weight is 443 g/mol. The Hall–Kier alpha value is -2.93. The summed E-state index contributed by atoms with van der Waals surface area (Å²) < 4.78 is 19.7. The summed E-state index contributed by atoms with van der Waals surface area (Å²) in [6.07, 6.45) is 1.38. The Morgan fingerprint density at radius 3 is 2.52 bits per heavy atom. The fraction of sp³-hybridized carbons (Fsp3) is 0.348. The minimum Gasteiger partial charge on any atom is -0.444 e. The molecule has 4 rings (SSSR count). The molecule has 0 atom stereocenters. The number of halogens is 2. The van der Waals surface area contributed by atoms with E-state index in [1.54, 1.807) is 41.4 Å². The Kier molecular flexibility index (Phi) is 5.71. The number of rotatable bonds is 2. The highest BCUT2D eigenvalue weighted by atomic mass is 35.5. The predicted octanol–water partition coefficient (Wildman–Crippen LogP) is 5.15. The van der Waals surface area contributed by atoms with Crippen LogP contribution >= 0.6 is 11.6 Å². The van der Waals surface area contributed by atoms with Gasteiger partial charge in [-0.3, -0.25) is 0 Å². The first-order valence-corrected chi connectivity index (χ1v) is 10.5. The molecule has 0 bridgehead atoms. The van der Waals surface area contributed by atoms with Crippen molar-refractivity contribution in [1.29, 1.82) is 0 Å². The van der Waals surface area contributed by atoms with E-state index in [1.807, 2.05) is 20.8 Å². The Bertz CT molecular complexity index is 1120. The molecule has 0 radical (unpaired) electrons. The number of carbonyl (C=O) groups excluding carboxylic acids is 1. The highest BCUT2D eigenvalue weighted by Gasteiger charge is 2.27. The molecule has 162 valence electrons. The number of nitrogens with zero attached hydrogens (tertiary/aromatic N) is 4. The molecule has 1 amide bonds. The van der Waals surface area contributed by atoms with E-state index < -0.39 is 5.60 Å². The first-order valence-electron chi connectivity index (χ1n) is 10.2. The quantitative estimate of drug-likeness (QED) is 0.549. The first-order chi connectivity index (χ1) is 14.7. The van der Waals surface area contributed by atoms with Gasteiger partial charge in [-0.1, -0.05) is 23.7 Å². The molecule has 0 saturated carbocycles. The Morgan fingerprint density at radius 2 is 1.84 bits per heavy atom. The summed E-state index contributed by atoms with van der Waals surface area (Å²) in [6, 6.07) is 10.0. The maximum atomic E-state index is 14.3. The molecule has 1 fully saturated rings. The number of piperazine rings is 1. The van der Waals surface area contributed by atoms with Crippen molar-refractivity contribution < 1.29 is 13.9 Å². The summed E-state index contributed by atoms with van der Waals surface area (Å²) in [4.78, 5) is 25.3. The van der Waals surface area contributed by atoms with Crippen molar-refractivity contribution in [2.45, 2.75) is 26.4 Å². The summed E-state index contributed by atoms with van der Waals surface area (Å²) in [5.74, 6) is 0.375. The molecule has 8 heteroatoms. The highest BCUT2D eigenvalue weighted by Crippen LogP contribution is 2.34. The lowest BCUT2D eigenvalue weighted by molar-refractivity contribution is 0.0240. The number of pyridine rings is 2. The van der Waals surface area contributed by atoms with Gasteiger partial charge in [0.15, 0.2) is 0 Å². The number of hydrogen-bond donors (Lipinski definition) is 0. The molecule has 1 saturated heterocycles. The number of carbonyl (C=O) groups is 1. The van der Waals surface area contributed by atoms with Crippen LogP contribution in [0.1, 0.15) is 20.8 Å². The van der Waals surface area contributed by atoms with Gasteiger partial charge in [0.1, 0.15) is 17.2 Å². The fourth-order valence-electron chi connectivity index (χ4n) is 3.58. The van der Waals surface area contributed by atoms with Crippen molar-refractivity contribution in [2.75, 3.05) is 31.1 Å². The molecule has 0 aliphatic carbocycles. The lowest BCUT2D eigenvalue weighted by atomic mass is 10.1. The van der Waals surface area contributed by atoms with Crippen molar-refractivity contribution in [1.82, 2.24) is 14.9 Å². The monoisotopic (exact) mass is 442 g/mol. The van der Waals surface area contributed by atoms with Crippen LogP contribution in [0.3, 0.4) is 0 Å². The fourth-order valence-corrected chi connectivity index (χ4v) is 3.83. The van der Waals surface area contributed by atoms with Gasteiger partial charge in [0, 0.05) is 43.3 Å². The minimum atomic E-state index is -0.524. The molecule has 3 heterocycles. The highest BCUT2D eigenvalue weighted by molar-refractivity contribution is 6.34. The number of benzene rings is 1. The van der Waals surface area contributed by atoms with Crippen molar-refractivity contribution in [2.24, 2.45) is 0 Å².